The number of hydrogen-bond donors (Lipinski definition) is 2. The first kappa shape index (κ1) is 13.5. The molecule has 5 nitrogen and oxygen atoms in total. The minimum absolute atomic E-state index is 0.110. The van der Waals surface area contributed by atoms with E-state index in [0.29, 0.717) is 18.0 Å². The second-order valence-corrected chi connectivity index (χ2v) is 4.81. The smallest absolute Gasteiger partial charge is 0.244 e. The predicted octanol–water partition coefficient (Wildman–Crippen LogP) is 1.70. The summed E-state index contributed by atoms with van der Waals surface area (Å²) in [5.41, 5.74) is 7.40. The van der Waals surface area contributed by atoms with Crippen molar-refractivity contribution in [2.24, 2.45) is 0 Å². The first-order valence-corrected chi connectivity index (χ1v) is 6.66. The summed E-state index contributed by atoms with van der Waals surface area (Å²) in [6.07, 6.45) is 1.73. The molecule has 19 heavy (non-hydrogen) atoms. The second-order valence-electron chi connectivity index (χ2n) is 4.81. The maximum absolute atomic E-state index is 11.9. The van der Waals surface area contributed by atoms with Gasteiger partial charge in [-0.3, -0.25) is 4.79 Å². The number of nitrogens with one attached hydrogen (secondary N) is 1. The molecule has 1 aromatic rings. The Bertz CT molecular complexity index is 462. The molecule has 1 unspecified atom stereocenters. The summed E-state index contributed by atoms with van der Waals surface area (Å²) in [7, 11) is 1.81. The number of carbonyl (C=O) groups is 1. The van der Waals surface area contributed by atoms with E-state index in [1.54, 1.807) is 4.90 Å². The van der Waals surface area contributed by atoms with Crippen LogP contribution in [0.2, 0.25) is 0 Å². The Kier molecular flexibility index (Phi) is 4.14. The molecule has 5 heteroatoms. The average molecular weight is 263 g/mol. The van der Waals surface area contributed by atoms with E-state index in [-0.39, 0.29) is 11.9 Å². The first-order chi connectivity index (χ1) is 9.13. The molecule has 2 rings (SSSR count). The molecule has 1 heterocycles. The van der Waals surface area contributed by atoms with Crippen LogP contribution < -0.4 is 15.8 Å². The van der Waals surface area contributed by atoms with Crippen molar-refractivity contribution in [3.63, 3.8) is 0 Å². The van der Waals surface area contributed by atoms with Crippen molar-refractivity contribution < 1.29 is 9.53 Å². The minimum atomic E-state index is -0.186. The molecular formula is C14H21N3O2. The lowest BCUT2D eigenvalue weighted by atomic mass is 10.2. The number of nitrogens with zero attached hydrogens (tertiary/aromatic N) is 1. The highest BCUT2D eigenvalue weighted by Gasteiger charge is 2.29. The zero-order chi connectivity index (χ0) is 13.8. The Hall–Kier alpha value is -1.91. The van der Waals surface area contributed by atoms with Crippen LogP contribution >= 0.6 is 0 Å². The minimum Gasteiger partial charge on any atom is -0.491 e. The molecule has 1 aliphatic heterocycles. The fourth-order valence-electron chi connectivity index (χ4n) is 2.15. The Labute approximate surface area is 113 Å². The number of nitrogen functional groups attached to an aromatic ring is 1. The molecule has 1 aliphatic rings. The highest BCUT2D eigenvalue weighted by atomic mass is 16.5. The number of likely N-dealkylation sites (N-methyl/N-ethyl adjacent to an activating group) is 1. The summed E-state index contributed by atoms with van der Waals surface area (Å²) in [6, 6.07) is 5.42. The summed E-state index contributed by atoms with van der Waals surface area (Å²) in [5, 5.41) is 3.21. The van der Waals surface area contributed by atoms with Crippen molar-refractivity contribution in [2.45, 2.75) is 25.8 Å². The van der Waals surface area contributed by atoms with Gasteiger partial charge in [-0.25, -0.2) is 0 Å². The number of rotatable bonds is 5. The summed E-state index contributed by atoms with van der Waals surface area (Å²) < 4.78 is 5.58. The maximum atomic E-state index is 11.9. The van der Waals surface area contributed by atoms with E-state index in [0.717, 1.165) is 25.1 Å². The molecule has 0 aromatic heterocycles. The van der Waals surface area contributed by atoms with E-state index >= 15 is 0 Å². The molecule has 0 spiro atoms. The second kappa shape index (κ2) is 5.82. The molecule has 0 radical (unpaired) electrons. The SMILES string of the molecule is CCCOc1cccc(NC2CCN(C)C2=O)c1N. The van der Waals surface area contributed by atoms with Gasteiger partial charge in [-0.15, -0.1) is 0 Å². The van der Waals surface area contributed by atoms with Gasteiger partial charge in [0.15, 0.2) is 0 Å². The van der Waals surface area contributed by atoms with E-state index in [1.165, 1.54) is 0 Å². The molecule has 1 aromatic carbocycles. The van der Waals surface area contributed by atoms with Gasteiger partial charge >= 0.3 is 0 Å². The van der Waals surface area contributed by atoms with E-state index in [9.17, 15) is 4.79 Å². The summed E-state index contributed by atoms with van der Waals surface area (Å²) in [6.45, 7) is 3.46. The van der Waals surface area contributed by atoms with Gasteiger partial charge in [-0.05, 0) is 25.0 Å². The number of amides is 1. The largest absolute Gasteiger partial charge is 0.491 e. The molecule has 0 saturated carbocycles. The van der Waals surface area contributed by atoms with E-state index in [2.05, 4.69) is 5.32 Å². The van der Waals surface area contributed by atoms with Crippen molar-refractivity contribution >= 4 is 17.3 Å². The van der Waals surface area contributed by atoms with Gasteiger partial charge in [0.1, 0.15) is 11.8 Å². The summed E-state index contributed by atoms with van der Waals surface area (Å²) in [4.78, 5) is 13.6. The number of hydrogen-bond acceptors (Lipinski definition) is 4. The normalized spacial score (nSPS) is 18.7. The van der Waals surface area contributed by atoms with Crippen molar-refractivity contribution in [1.29, 1.82) is 0 Å². The van der Waals surface area contributed by atoms with Crippen LogP contribution in [0.4, 0.5) is 11.4 Å². The molecular weight excluding hydrogens is 242 g/mol. The fourth-order valence-corrected chi connectivity index (χ4v) is 2.15. The highest BCUT2D eigenvalue weighted by Crippen LogP contribution is 2.30. The molecule has 1 amide bonds. The Morgan fingerprint density at radius 1 is 1.53 bits per heavy atom. The first-order valence-electron chi connectivity index (χ1n) is 6.66. The number of ether oxygens (including phenoxy) is 1. The van der Waals surface area contributed by atoms with Crippen LogP contribution in [0.25, 0.3) is 0 Å². The fraction of sp³-hybridized carbons (Fsp3) is 0.500. The van der Waals surface area contributed by atoms with Gasteiger partial charge in [-0.1, -0.05) is 13.0 Å². The lowest BCUT2D eigenvalue weighted by molar-refractivity contribution is -0.127. The Morgan fingerprint density at radius 3 is 2.95 bits per heavy atom. The van der Waals surface area contributed by atoms with Crippen molar-refractivity contribution in [3.05, 3.63) is 18.2 Å². The monoisotopic (exact) mass is 263 g/mol. The van der Waals surface area contributed by atoms with Crippen LogP contribution in [0.3, 0.4) is 0 Å². The molecule has 3 N–H and O–H groups in total. The zero-order valence-corrected chi connectivity index (χ0v) is 11.5. The molecule has 1 fully saturated rings. The third kappa shape index (κ3) is 2.92. The van der Waals surface area contributed by atoms with Crippen LogP contribution in [0.5, 0.6) is 5.75 Å². The molecule has 104 valence electrons. The Balaban J connectivity index is 2.10. The van der Waals surface area contributed by atoms with Crippen molar-refractivity contribution in [2.75, 3.05) is 31.2 Å². The third-order valence-electron chi connectivity index (χ3n) is 3.29. The standard InChI is InChI=1S/C14H21N3O2/c1-3-9-19-12-6-4-5-10(13(12)15)16-11-7-8-17(2)14(11)18/h4-6,11,16H,3,7-9,15H2,1-2H3. The quantitative estimate of drug-likeness (QED) is 0.793. The van der Waals surface area contributed by atoms with E-state index in [1.807, 2.05) is 32.2 Å². The molecule has 0 bridgehead atoms. The number of carbonyl (C=O) groups excluding carboxylic acids is 1. The number of nitrogens with two attached hydrogens (primary N) is 1. The van der Waals surface area contributed by atoms with E-state index in [4.69, 9.17) is 10.5 Å². The number of para-hydroxylation sites is 1. The molecule has 1 atom stereocenters. The van der Waals surface area contributed by atoms with Gasteiger partial charge in [0, 0.05) is 13.6 Å². The summed E-state index contributed by atoms with van der Waals surface area (Å²) >= 11 is 0. The van der Waals surface area contributed by atoms with Gasteiger partial charge in [0.25, 0.3) is 0 Å². The third-order valence-corrected chi connectivity index (χ3v) is 3.29. The Morgan fingerprint density at radius 2 is 2.32 bits per heavy atom. The lowest BCUT2D eigenvalue weighted by Gasteiger charge is -2.17. The predicted molar refractivity (Wildman–Crippen MR) is 76.3 cm³/mol. The van der Waals surface area contributed by atoms with Crippen LogP contribution in [-0.4, -0.2) is 37.0 Å². The number of likely N-dealkylation sites (tertiary alicyclic amines) is 1. The van der Waals surface area contributed by atoms with Gasteiger partial charge in [-0.2, -0.15) is 0 Å². The van der Waals surface area contributed by atoms with Gasteiger partial charge in [0.2, 0.25) is 5.91 Å². The lowest BCUT2D eigenvalue weighted by Crippen LogP contribution is -2.31. The van der Waals surface area contributed by atoms with Gasteiger partial charge in [0.05, 0.1) is 18.0 Å². The zero-order valence-electron chi connectivity index (χ0n) is 11.5. The molecule has 1 saturated heterocycles. The topological polar surface area (TPSA) is 67.6 Å². The van der Waals surface area contributed by atoms with Crippen LogP contribution in [0.1, 0.15) is 19.8 Å². The maximum Gasteiger partial charge on any atom is 0.244 e. The van der Waals surface area contributed by atoms with Gasteiger partial charge < -0.3 is 20.7 Å². The van der Waals surface area contributed by atoms with Crippen molar-refractivity contribution in [1.82, 2.24) is 4.90 Å². The van der Waals surface area contributed by atoms with Crippen LogP contribution in [0.15, 0.2) is 18.2 Å². The van der Waals surface area contributed by atoms with Crippen LogP contribution in [0, 0.1) is 0 Å². The number of anilines is 2. The average Bonchev–Trinajstić information content (AvgIpc) is 2.72. The number of benzene rings is 1. The van der Waals surface area contributed by atoms with Crippen molar-refractivity contribution in [3.8, 4) is 5.75 Å². The van der Waals surface area contributed by atoms with E-state index < -0.39 is 0 Å². The highest BCUT2D eigenvalue weighted by molar-refractivity contribution is 5.88. The summed E-state index contributed by atoms with van der Waals surface area (Å²) in [5.74, 6) is 0.782. The van der Waals surface area contributed by atoms with Crippen LogP contribution in [-0.2, 0) is 4.79 Å². The molecule has 0 aliphatic carbocycles.